The van der Waals surface area contributed by atoms with Gasteiger partial charge in [0.25, 0.3) is 5.91 Å². The molecule has 2 amide bonds. The monoisotopic (exact) mass is 462 g/mol. The van der Waals surface area contributed by atoms with Crippen LogP contribution in [0.5, 0.6) is 11.5 Å². The minimum Gasteiger partial charge on any atom is -0.485 e. The lowest BCUT2D eigenvalue weighted by molar-refractivity contribution is -0.123. The molecule has 0 saturated carbocycles. The lowest BCUT2D eigenvalue weighted by Crippen LogP contribution is -2.43. The maximum absolute atomic E-state index is 13.4. The molecule has 0 unspecified atom stereocenters. The average Bonchev–Trinajstić information content (AvgIpc) is 2.80. The molecule has 3 aromatic carbocycles. The van der Waals surface area contributed by atoms with Gasteiger partial charge in [-0.1, -0.05) is 24.3 Å². The number of ketones is 1. The number of anilines is 2. The first-order valence-electron chi connectivity index (χ1n) is 10.7. The van der Waals surface area contributed by atoms with Crippen molar-refractivity contribution in [2.75, 3.05) is 30.0 Å². The largest absolute Gasteiger partial charge is 0.485 e. The Morgan fingerprint density at radius 2 is 1.79 bits per heavy atom. The Balaban J connectivity index is 1.50. The van der Waals surface area contributed by atoms with Crippen molar-refractivity contribution in [2.45, 2.75) is 13.8 Å². The van der Waals surface area contributed by atoms with E-state index in [0.717, 1.165) is 11.1 Å². The minimum atomic E-state index is -0.512. The summed E-state index contributed by atoms with van der Waals surface area (Å²) in [6.45, 7) is 3.08. The van der Waals surface area contributed by atoms with Crippen LogP contribution < -0.4 is 19.7 Å². The summed E-state index contributed by atoms with van der Waals surface area (Å²) < 4.78 is 24.6. The van der Waals surface area contributed by atoms with Crippen molar-refractivity contribution in [3.8, 4) is 11.5 Å². The van der Waals surface area contributed by atoms with Crippen LogP contribution in [0.2, 0.25) is 0 Å². The Morgan fingerprint density at radius 1 is 1.06 bits per heavy atom. The third-order valence-electron chi connectivity index (χ3n) is 5.39. The smallest absolute Gasteiger partial charge is 0.265 e. The van der Waals surface area contributed by atoms with E-state index in [1.54, 1.807) is 18.2 Å². The molecule has 0 atom stereocenters. The van der Waals surface area contributed by atoms with Crippen molar-refractivity contribution in [3.63, 3.8) is 0 Å². The molecule has 3 aromatic rings. The van der Waals surface area contributed by atoms with Crippen LogP contribution in [-0.2, 0) is 9.59 Å². The summed E-state index contributed by atoms with van der Waals surface area (Å²) in [5.41, 5.74) is 2.75. The molecular formula is C26H23FN2O5. The second-order valence-corrected chi connectivity index (χ2v) is 7.94. The number of carbonyl (C=O) groups is 3. The van der Waals surface area contributed by atoms with Crippen molar-refractivity contribution in [1.29, 1.82) is 0 Å². The molecule has 34 heavy (non-hydrogen) atoms. The highest BCUT2D eigenvalue weighted by Gasteiger charge is 2.28. The predicted octanol–water partition coefficient (Wildman–Crippen LogP) is 4.07. The summed E-state index contributed by atoms with van der Waals surface area (Å²) in [7, 11) is 0. The van der Waals surface area contributed by atoms with Gasteiger partial charge in [-0.2, -0.15) is 0 Å². The van der Waals surface area contributed by atoms with Gasteiger partial charge in [-0.25, -0.2) is 4.39 Å². The highest BCUT2D eigenvalue weighted by Crippen LogP contribution is 2.33. The molecule has 0 aromatic heterocycles. The molecule has 0 saturated heterocycles. The number of rotatable bonds is 7. The van der Waals surface area contributed by atoms with Crippen molar-refractivity contribution in [1.82, 2.24) is 0 Å². The number of fused-ring (bicyclic) bond motifs is 1. The van der Waals surface area contributed by atoms with Gasteiger partial charge in [0.2, 0.25) is 5.91 Å². The number of ether oxygens (including phenoxy) is 2. The van der Waals surface area contributed by atoms with E-state index in [4.69, 9.17) is 9.47 Å². The van der Waals surface area contributed by atoms with Gasteiger partial charge in [-0.05, 0) is 61.4 Å². The zero-order valence-electron chi connectivity index (χ0n) is 18.8. The van der Waals surface area contributed by atoms with Crippen molar-refractivity contribution >= 4 is 29.0 Å². The maximum Gasteiger partial charge on any atom is 0.265 e. The average molecular weight is 462 g/mol. The van der Waals surface area contributed by atoms with Crippen LogP contribution in [0.15, 0.2) is 60.7 Å². The summed E-state index contributed by atoms with van der Waals surface area (Å²) >= 11 is 0. The fourth-order valence-electron chi connectivity index (χ4n) is 3.71. The number of carbonyl (C=O) groups excluding carboxylic acids is 3. The van der Waals surface area contributed by atoms with Crippen LogP contribution >= 0.6 is 0 Å². The quantitative estimate of drug-likeness (QED) is 0.535. The predicted molar refractivity (Wildman–Crippen MR) is 125 cm³/mol. The molecule has 1 heterocycles. The van der Waals surface area contributed by atoms with E-state index in [0.29, 0.717) is 22.7 Å². The molecule has 0 bridgehead atoms. The number of hydrogen-bond acceptors (Lipinski definition) is 5. The van der Waals surface area contributed by atoms with Gasteiger partial charge < -0.3 is 14.8 Å². The van der Waals surface area contributed by atoms with Crippen LogP contribution in [-0.4, -0.2) is 37.4 Å². The summed E-state index contributed by atoms with van der Waals surface area (Å²) in [5.74, 6) is -0.682. The molecule has 1 aliphatic heterocycles. The standard InChI is InChI=1S/C26H23FN2O5/c1-16-5-3-6-17(2)26(16)34-14-22(30)18-9-10-23-21(11-18)29(25(32)15-33-23)13-24(31)28-20-8-4-7-19(27)12-20/h3-12H,13-15H2,1-2H3,(H,28,31). The molecule has 1 N–H and O–H groups in total. The summed E-state index contributed by atoms with van der Waals surface area (Å²) in [6, 6.07) is 15.9. The summed E-state index contributed by atoms with van der Waals surface area (Å²) in [5, 5.41) is 2.57. The van der Waals surface area contributed by atoms with Gasteiger partial charge in [-0.3, -0.25) is 19.3 Å². The van der Waals surface area contributed by atoms with E-state index in [9.17, 15) is 18.8 Å². The van der Waals surface area contributed by atoms with Crippen LogP contribution in [0, 0.1) is 19.7 Å². The normalized spacial score (nSPS) is 12.6. The van der Waals surface area contributed by atoms with Crippen molar-refractivity contribution < 1.29 is 28.2 Å². The van der Waals surface area contributed by atoms with Crippen LogP contribution in [0.25, 0.3) is 0 Å². The molecule has 0 fully saturated rings. The first-order valence-corrected chi connectivity index (χ1v) is 10.7. The van der Waals surface area contributed by atoms with E-state index in [2.05, 4.69) is 5.32 Å². The number of aryl methyl sites for hydroxylation is 2. The summed E-state index contributed by atoms with van der Waals surface area (Å²) in [4.78, 5) is 39.1. The van der Waals surface area contributed by atoms with E-state index in [-0.39, 0.29) is 31.2 Å². The van der Waals surface area contributed by atoms with Crippen molar-refractivity contribution in [2.24, 2.45) is 0 Å². The molecule has 4 rings (SSSR count). The van der Waals surface area contributed by atoms with Gasteiger partial charge in [-0.15, -0.1) is 0 Å². The number of benzene rings is 3. The Morgan fingerprint density at radius 3 is 2.53 bits per heavy atom. The Hall–Kier alpha value is -4.20. The third kappa shape index (κ3) is 5.06. The van der Waals surface area contributed by atoms with Crippen molar-refractivity contribution in [3.05, 3.63) is 83.2 Å². The van der Waals surface area contributed by atoms with E-state index < -0.39 is 17.6 Å². The molecule has 1 aliphatic rings. The number of Topliss-reactive ketones (excluding diaryl/α,β-unsaturated/α-hetero) is 1. The number of nitrogens with zero attached hydrogens (tertiary/aromatic N) is 1. The first-order chi connectivity index (χ1) is 16.3. The third-order valence-corrected chi connectivity index (χ3v) is 5.39. The zero-order valence-corrected chi connectivity index (χ0v) is 18.8. The van der Waals surface area contributed by atoms with E-state index in [1.807, 2.05) is 32.0 Å². The zero-order chi connectivity index (χ0) is 24.2. The maximum atomic E-state index is 13.4. The molecular weight excluding hydrogens is 439 g/mol. The van der Waals surface area contributed by atoms with Crippen LogP contribution in [0.4, 0.5) is 15.8 Å². The van der Waals surface area contributed by atoms with Gasteiger partial charge in [0.1, 0.15) is 23.9 Å². The van der Waals surface area contributed by atoms with E-state index >= 15 is 0 Å². The highest BCUT2D eigenvalue weighted by atomic mass is 19.1. The molecule has 0 spiro atoms. The van der Waals surface area contributed by atoms with E-state index in [1.165, 1.54) is 29.2 Å². The van der Waals surface area contributed by atoms with Crippen LogP contribution in [0.1, 0.15) is 21.5 Å². The fourth-order valence-corrected chi connectivity index (χ4v) is 3.71. The molecule has 7 nitrogen and oxygen atoms in total. The SMILES string of the molecule is Cc1cccc(C)c1OCC(=O)c1ccc2c(c1)N(CC(=O)Nc1cccc(F)c1)C(=O)CO2. The van der Waals surface area contributed by atoms with Crippen LogP contribution in [0.3, 0.4) is 0 Å². The number of nitrogens with one attached hydrogen (secondary N) is 1. The first kappa shape index (κ1) is 23.0. The minimum absolute atomic E-state index is 0.181. The Bertz CT molecular complexity index is 1250. The molecule has 8 heteroatoms. The van der Waals surface area contributed by atoms with Gasteiger partial charge >= 0.3 is 0 Å². The highest BCUT2D eigenvalue weighted by molar-refractivity contribution is 6.06. The topological polar surface area (TPSA) is 84.9 Å². The molecule has 0 radical (unpaired) electrons. The second kappa shape index (κ2) is 9.74. The van der Waals surface area contributed by atoms with Gasteiger partial charge in [0.15, 0.2) is 19.0 Å². The fraction of sp³-hybridized carbons (Fsp3) is 0.192. The van der Waals surface area contributed by atoms with Gasteiger partial charge in [0.05, 0.1) is 5.69 Å². The Kier molecular flexibility index (Phi) is 6.58. The number of amides is 2. The number of halogens is 1. The number of hydrogen-bond donors (Lipinski definition) is 1. The van der Waals surface area contributed by atoms with Gasteiger partial charge in [0, 0.05) is 11.3 Å². The Labute approximate surface area is 196 Å². The lowest BCUT2D eigenvalue weighted by Gasteiger charge is -2.29. The lowest BCUT2D eigenvalue weighted by atomic mass is 10.1. The summed E-state index contributed by atoms with van der Waals surface area (Å²) in [6.07, 6.45) is 0. The number of para-hydroxylation sites is 1. The second-order valence-electron chi connectivity index (χ2n) is 7.94. The molecule has 174 valence electrons. The molecule has 0 aliphatic carbocycles.